The molecule has 0 saturated heterocycles. The summed E-state index contributed by atoms with van der Waals surface area (Å²) in [5.74, 6) is -1.32. The van der Waals surface area contributed by atoms with Gasteiger partial charge in [-0.25, -0.2) is 8.42 Å². The first kappa shape index (κ1) is 34.2. The number of rotatable bonds is 12. The maximum atomic E-state index is 13.9. The van der Waals surface area contributed by atoms with Gasteiger partial charge in [0, 0.05) is 23.1 Å². The predicted octanol–water partition coefficient (Wildman–Crippen LogP) is 6.85. The molecule has 13 heteroatoms. The van der Waals surface area contributed by atoms with Crippen molar-refractivity contribution < 1.29 is 31.2 Å². The van der Waals surface area contributed by atoms with E-state index in [0.717, 1.165) is 29.0 Å². The van der Waals surface area contributed by atoms with Gasteiger partial charge in [0.15, 0.2) is 0 Å². The van der Waals surface area contributed by atoms with Gasteiger partial charge in [-0.1, -0.05) is 66.4 Å². The first-order valence-corrected chi connectivity index (χ1v) is 15.6. The molecule has 7 nitrogen and oxygen atoms in total. The van der Waals surface area contributed by atoms with E-state index in [4.69, 9.17) is 23.2 Å². The third-order valence-corrected chi connectivity index (χ3v) is 9.08. The smallest absolute Gasteiger partial charge is 0.354 e. The lowest BCUT2D eigenvalue weighted by atomic mass is 10.1. The number of nitrogens with zero attached hydrogens (tertiary/aromatic N) is 2. The van der Waals surface area contributed by atoms with Gasteiger partial charge in [0.1, 0.15) is 12.6 Å². The summed E-state index contributed by atoms with van der Waals surface area (Å²) >= 11 is 12.4. The van der Waals surface area contributed by atoms with Crippen molar-refractivity contribution in [2.75, 3.05) is 17.4 Å². The highest BCUT2D eigenvalue weighted by Gasteiger charge is 2.35. The molecule has 1 N–H and O–H groups in total. The highest BCUT2D eigenvalue weighted by molar-refractivity contribution is 7.92. The fourth-order valence-electron chi connectivity index (χ4n) is 4.16. The van der Waals surface area contributed by atoms with E-state index >= 15 is 0 Å². The average molecular weight is 659 g/mol. The number of nitrogens with one attached hydrogen (secondary N) is 1. The van der Waals surface area contributed by atoms with Crippen molar-refractivity contribution in [3.05, 3.63) is 93.5 Å². The summed E-state index contributed by atoms with van der Waals surface area (Å²) in [6.07, 6.45) is -3.24. The molecule has 0 saturated carbocycles. The number of hydrogen-bond acceptors (Lipinski definition) is 4. The van der Waals surface area contributed by atoms with Crippen molar-refractivity contribution in [3.8, 4) is 0 Å². The predicted molar refractivity (Wildman–Crippen MR) is 162 cm³/mol. The van der Waals surface area contributed by atoms with E-state index < -0.39 is 46.2 Å². The van der Waals surface area contributed by atoms with Gasteiger partial charge in [-0.2, -0.15) is 13.2 Å². The Hall–Kier alpha value is -3.28. The van der Waals surface area contributed by atoms with E-state index in [1.807, 2.05) is 6.92 Å². The zero-order valence-corrected chi connectivity index (χ0v) is 26.1. The summed E-state index contributed by atoms with van der Waals surface area (Å²) in [5.41, 5.74) is -0.266. The van der Waals surface area contributed by atoms with Crippen LogP contribution < -0.4 is 9.62 Å². The van der Waals surface area contributed by atoms with E-state index in [1.165, 1.54) is 43.3 Å². The molecule has 0 fully saturated rings. The van der Waals surface area contributed by atoms with Gasteiger partial charge in [-0.15, -0.1) is 0 Å². The SMILES string of the molecule is CCCCNC(=O)[C@H](C)N(Cc1ccc(Cl)cc1Cl)C(=O)CN(c1cccc(C(F)(F)F)c1)S(=O)(=O)c1ccc(C)cc1. The second-order valence-corrected chi connectivity index (χ2v) is 12.7. The second kappa shape index (κ2) is 14.5. The maximum absolute atomic E-state index is 13.9. The number of hydrogen-bond donors (Lipinski definition) is 1. The molecule has 0 heterocycles. The number of alkyl halides is 3. The van der Waals surface area contributed by atoms with Gasteiger partial charge in [-0.3, -0.25) is 13.9 Å². The number of amides is 2. The summed E-state index contributed by atoms with van der Waals surface area (Å²) in [6, 6.07) is 12.9. The lowest BCUT2D eigenvalue weighted by molar-refractivity contribution is -0.139. The minimum Gasteiger partial charge on any atom is -0.354 e. The first-order valence-electron chi connectivity index (χ1n) is 13.4. The van der Waals surface area contributed by atoms with Crippen molar-refractivity contribution in [1.29, 1.82) is 0 Å². The van der Waals surface area contributed by atoms with Gasteiger partial charge in [0.2, 0.25) is 11.8 Å². The molecule has 3 rings (SSSR count). The normalized spacial score (nSPS) is 12.5. The van der Waals surface area contributed by atoms with Crippen LogP contribution in [0.15, 0.2) is 71.6 Å². The van der Waals surface area contributed by atoms with Crippen LogP contribution in [0, 0.1) is 6.92 Å². The number of carbonyl (C=O) groups excluding carboxylic acids is 2. The number of sulfonamides is 1. The van der Waals surface area contributed by atoms with Crippen LogP contribution in [0.5, 0.6) is 0 Å². The molecule has 0 unspecified atom stereocenters. The first-order chi connectivity index (χ1) is 20.1. The zero-order valence-electron chi connectivity index (χ0n) is 23.8. The highest BCUT2D eigenvalue weighted by atomic mass is 35.5. The van der Waals surface area contributed by atoms with Gasteiger partial charge in [-0.05, 0) is 68.3 Å². The van der Waals surface area contributed by atoms with Crippen LogP contribution in [-0.2, 0) is 32.3 Å². The lowest BCUT2D eigenvalue weighted by Crippen LogP contribution is -2.51. The number of benzene rings is 3. The molecular weight excluding hydrogens is 626 g/mol. The van der Waals surface area contributed by atoms with E-state index in [1.54, 1.807) is 19.1 Å². The van der Waals surface area contributed by atoms with Crippen molar-refractivity contribution >= 4 is 50.7 Å². The summed E-state index contributed by atoms with van der Waals surface area (Å²) in [6.45, 7) is 4.45. The second-order valence-electron chi connectivity index (χ2n) is 9.95. The molecule has 232 valence electrons. The molecule has 0 aliphatic carbocycles. The molecule has 0 bridgehead atoms. The zero-order chi connectivity index (χ0) is 31.9. The Bertz CT molecular complexity index is 1550. The Labute approximate surface area is 259 Å². The van der Waals surface area contributed by atoms with Crippen LogP contribution in [0.1, 0.15) is 43.4 Å². The molecule has 43 heavy (non-hydrogen) atoms. The summed E-state index contributed by atoms with van der Waals surface area (Å²) in [7, 11) is -4.54. The summed E-state index contributed by atoms with van der Waals surface area (Å²) in [5, 5.41) is 3.31. The Morgan fingerprint density at radius 3 is 2.28 bits per heavy atom. The third-order valence-electron chi connectivity index (χ3n) is 6.70. The van der Waals surface area contributed by atoms with E-state index in [2.05, 4.69) is 5.32 Å². The van der Waals surface area contributed by atoms with Crippen molar-refractivity contribution in [2.45, 2.75) is 57.3 Å². The highest BCUT2D eigenvalue weighted by Crippen LogP contribution is 2.33. The fraction of sp³-hybridized carbons (Fsp3) is 0.333. The minimum atomic E-state index is -4.76. The Morgan fingerprint density at radius 2 is 1.67 bits per heavy atom. The molecule has 2 amide bonds. The van der Waals surface area contributed by atoms with Crippen molar-refractivity contribution in [2.24, 2.45) is 0 Å². The van der Waals surface area contributed by atoms with Crippen LogP contribution in [0.25, 0.3) is 0 Å². The Balaban J connectivity index is 2.09. The molecule has 0 radical (unpaired) electrons. The fourth-order valence-corrected chi connectivity index (χ4v) is 6.03. The van der Waals surface area contributed by atoms with Crippen molar-refractivity contribution in [3.63, 3.8) is 0 Å². The molecule has 3 aromatic rings. The van der Waals surface area contributed by atoms with Crippen LogP contribution in [0.3, 0.4) is 0 Å². The Kier molecular flexibility index (Phi) is 11.5. The van der Waals surface area contributed by atoms with Gasteiger partial charge in [0.25, 0.3) is 10.0 Å². The third kappa shape index (κ3) is 8.87. The monoisotopic (exact) mass is 657 g/mol. The van der Waals surface area contributed by atoms with Gasteiger partial charge in [0.05, 0.1) is 16.1 Å². The Morgan fingerprint density at radius 1 is 1.00 bits per heavy atom. The van der Waals surface area contributed by atoms with Crippen LogP contribution in [0.4, 0.5) is 18.9 Å². The summed E-state index contributed by atoms with van der Waals surface area (Å²) in [4.78, 5) is 27.9. The number of aryl methyl sites for hydroxylation is 1. The molecule has 0 aliphatic heterocycles. The van der Waals surface area contributed by atoms with Crippen LogP contribution in [-0.4, -0.2) is 44.3 Å². The number of halogens is 5. The number of anilines is 1. The molecule has 0 aliphatic rings. The number of unbranched alkanes of at least 4 members (excludes halogenated alkanes) is 1. The van der Waals surface area contributed by atoms with Crippen LogP contribution >= 0.6 is 23.2 Å². The lowest BCUT2D eigenvalue weighted by Gasteiger charge is -2.32. The molecule has 1 atom stereocenters. The molecule has 0 aromatic heterocycles. The minimum absolute atomic E-state index is 0.196. The van der Waals surface area contributed by atoms with Crippen molar-refractivity contribution in [1.82, 2.24) is 10.2 Å². The van der Waals surface area contributed by atoms with Crippen LogP contribution in [0.2, 0.25) is 10.0 Å². The van der Waals surface area contributed by atoms with E-state index in [0.29, 0.717) is 33.9 Å². The molecule has 3 aromatic carbocycles. The number of carbonyl (C=O) groups is 2. The standard InChI is InChI=1S/C30H32Cl2F3N3O4S/c1-4-5-15-36-29(40)21(3)37(18-22-11-12-24(31)17-27(22)32)28(39)19-38(25-8-6-7-23(16-25)30(33,34)35)43(41,42)26-13-9-20(2)10-14-26/h6-14,16-17,21H,4-5,15,18-19H2,1-3H3,(H,36,40)/t21-/m0/s1. The topological polar surface area (TPSA) is 86.8 Å². The average Bonchev–Trinajstić information content (AvgIpc) is 2.95. The van der Waals surface area contributed by atoms with Gasteiger partial charge >= 0.3 is 6.18 Å². The molecule has 0 spiro atoms. The summed E-state index contributed by atoms with van der Waals surface area (Å²) < 4.78 is 69.1. The van der Waals surface area contributed by atoms with E-state index in [9.17, 15) is 31.2 Å². The van der Waals surface area contributed by atoms with Gasteiger partial charge < -0.3 is 10.2 Å². The largest absolute Gasteiger partial charge is 0.416 e. The quantitative estimate of drug-likeness (QED) is 0.216. The maximum Gasteiger partial charge on any atom is 0.416 e. The van der Waals surface area contributed by atoms with E-state index in [-0.39, 0.29) is 22.2 Å². The molecular formula is C30H32Cl2F3N3O4S.